The summed E-state index contributed by atoms with van der Waals surface area (Å²) in [6.07, 6.45) is 0.0648. The molecule has 3 N–H and O–H groups in total. The van der Waals surface area contributed by atoms with Crippen LogP contribution in [0.25, 0.3) is 0 Å². The molecule has 42 heavy (non-hydrogen) atoms. The van der Waals surface area contributed by atoms with E-state index in [2.05, 4.69) is 10.6 Å². The number of nitrogens with one attached hydrogen (secondary N) is 2. The topological polar surface area (TPSA) is 102 Å². The molecule has 1 aliphatic heterocycles. The van der Waals surface area contributed by atoms with Gasteiger partial charge in [-0.15, -0.1) is 0 Å². The van der Waals surface area contributed by atoms with Crippen LogP contribution < -0.4 is 10.6 Å². The predicted octanol–water partition coefficient (Wildman–Crippen LogP) is 3.69. The first-order chi connectivity index (χ1) is 19.9. The molecule has 230 valence electrons. The number of rotatable bonds is 13. The van der Waals surface area contributed by atoms with Crippen LogP contribution in [0.15, 0.2) is 36.4 Å². The third kappa shape index (κ3) is 8.82. The molecule has 0 spiro atoms. The van der Waals surface area contributed by atoms with E-state index in [-0.39, 0.29) is 35.3 Å². The predicted molar refractivity (Wildman–Crippen MR) is 158 cm³/mol. The zero-order valence-electron chi connectivity index (χ0n) is 25.3. The molecule has 1 aliphatic rings. The molecule has 2 aromatic carbocycles. The van der Waals surface area contributed by atoms with Crippen LogP contribution in [-0.2, 0) is 11.2 Å². The number of hydrogen-bond donors (Lipinski definition) is 3. The standard InChI is InChI=1S/C32H44F2N4O4/c1-6-9-37(10-7-2)31(41)24-13-21(5)12-23(17-24)30(40)36-27(16-22-14-25(33)18-26(34)15-22)29(39)28-32(42)38(11-8-35-28)19-20(3)4/h12-15,17-18,20,27-29,35,39H,6-11,16,19H2,1-5H3,(H,36,40)/t27-,28-,29-/m0/s1. The Morgan fingerprint density at radius 1 is 1.05 bits per heavy atom. The summed E-state index contributed by atoms with van der Waals surface area (Å²) in [6, 6.07) is 5.80. The average Bonchev–Trinajstić information content (AvgIpc) is 2.91. The molecule has 0 saturated carbocycles. The number of nitrogens with zero attached hydrogens (tertiary/aromatic N) is 2. The van der Waals surface area contributed by atoms with Gasteiger partial charge in [-0.2, -0.15) is 0 Å². The van der Waals surface area contributed by atoms with E-state index >= 15 is 0 Å². The minimum atomic E-state index is -1.40. The maximum atomic E-state index is 14.0. The first-order valence-corrected chi connectivity index (χ1v) is 14.8. The third-order valence-corrected chi connectivity index (χ3v) is 7.22. The molecule has 0 unspecified atom stereocenters. The summed E-state index contributed by atoms with van der Waals surface area (Å²) in [7, 11) is 0. The van der Waals surface area contributed by atoms with Gasteiger partial charge >= 0.3 is 0 Å². The number of halogens is 2. The molecule has 0 bridgehead atoms. The Morgan fingerprint density at radius 2 is 1.67 bits per heavy atom. The summed E-state index contributed by atoms with van der Waals surface area (Å²) in [5.74, 6) is -2.41. The average molecular weight is 587 g/mol. The number of carbonyl (C=O) groups excluding carboxylic acids is 3. The molecular formula is C32H44F2N4O4. The van der Waals surface area contributed by atoms with Crippen molar-refractivity contribution in [2.75, 3.05) is 32.7 Å². The fourth-order valence-electron chi connectivity index (χ4n) is 5.44. The van der Waals surface area contributed by atoms with Gasteiger partial charge in [-0.25, -0.2) is 8.78 Å². The summed E-state index contributed by atoms with van der Waals surface area (Å²) in [5.41, 5.74) is 1.50. The third-order valence-electron chi connectivity index (χ3n) is 7.22. The van der Waals surface area contributed by atoms with Crippen molar-refractivity contribution in [2.45, 2.75) is 72.1 Å². The summed E-state index contributed by atoms with van der Waals surface area (Å²) < 4.78 is 28.1. The molecule has 0 aromatic heterocycles. The Bertz CT molecular complexity index is 1230. The first kappa shape index (κ1) is 33.1. The highest BCUT2D eigenvalue weighted by atomic mass is 19.1. The number of aliphatic hydroxyl groups is 1. The van der Waals surface area contributed by atoms with Crippen LogP contribution >= 0.6 is 0 Å². The molecule has 3 rings (SSSR count). The zero-order chi connectivity index (χ0) is 31.0. The van der Waals surface area contributed by atoms with Crippen LogP contribution in [0.2, 0.25) is 0 Å². The molecule has 3 amide bonds. The van der Waals surface area contributed by atoms with Crippen molar-refractivity contribution in [1.29, 1.82) is 0 Å². The highest BCUT2D eigenvalue weighted by molar-refractivity contribution is 6.00. The lowest BCUT2D eigenvalue weighted by Gasteiger charge is -2.38. The molecular weight excluding hydrogens is 542 g/mol. The van der Waals surface area contributed by atoms with Crippen LogP contribution in [0.3, 0.4) is 0 Å². The second-order valence-corrected chi connectivity index (χ2v) is 11.5. The largest absolute Gasteiger partial charge is 0.389 e. The number of aryl methyl sites for hydroxylation is 1. The molecule has 10 heteroatoms. The van der Waals surface area contributed by atoms with Gasteiger partial charge in [0, 0.05) is 49.9 Å². The van der Waals surface area contributed by atoms with Gasteiger partial charge < -0.3 is 25.5 Å². The molecule has 3 atom stereocenters. The van der Waals surface area contributed by atoms with Crippen LogP contribution in [0.4, 0.5) is 8.78 Å². The smallest absolute Gasteiger partial charge is 0.253 e. The van der Waals surface area contributed by atoms with Gasteiger partial charge in [0.1, 0.15) is 17.7 Å². The van der Waals surface area contributed by atoms with Crippen molar-refractivity contribution in [1.82, 2.24) is 20.4 Å². The van der Waals surface area contributed by atoms with E-state index < -0.39 is 35.7 Å². The van der Waals surface area contributed by atoms with Crippen molar-refractivity contribution < 1.29 is 28.3 Å². The highest BCUT2D eigenvalue weighted by Crippen LogP contribution is 2.18. The summed E-state index contributed by atoms with van der Waals surface area (Å²) in [6.45, 7) is 12.4. The Hall–Kier alpha value is -3.37. The monoisotopic (exact) mass is 586 g/mol. The maximum absolute atomic E-state index is 14.0. The van der Waals surface area contributed by atoms with Gasteiger partial charge in [-0.3, -0.25) is 14.4 Å². The van der Waals surface area contributed by atoms with E-state index in [1.165, 1.54) is 6.07 Å². The second kappa shape index (κ2) is 15.2. The first-order valence-electron chi connectivity index (χ1n) is 14.8. The fraction of sp³-hybridized carbons (Fsp3) is 0.531. The highest BCUT2D eigenvalue weighted by Gasteiger charge is 2.38. The van der Waals surface area contributed by atoms with Gasteiger partial charge in [0.15, 0.2) is 0 Å². The van der Waals surface area contributed by atoms with Gasteiger partial charge in [0.05, 0.1) is 12.1 Å². The SMILES string of the molecule is CCCN(CCC)C(=O)c1cc(C)cc(C(=O)N[C@@H](Cc2cc(F)cc(F)c2)[C@H](O)[C@@H]2NCCN(CC(C)C)C2=O)c1. The van der Waals surface area contributed by atoms with Crippen LogP contribution in [0.1, 0.15) is 72.4 Å². The number of piperazine rings is 1. The van der Waals surface area contributed by atoms with Gasteiger partial charge in [-0.1, -0.05) is 27.7 Å². The van der Waals surface area contributed by atoms with E-state index in [9.17, 15) is 28.3 Å². The van der Waals surface area contributed by atoms with Crippen molar-refractivity contribution in [3.8, 4) is 0 Å². The Kier molecular flexibility index (Phi) is 12.0. The van der Waals surface area contributed by atoms with E-state index in [4.69, 9.17) is 0 Å². The van der Waals surface area contributed by atoms with E-state index in [1.54, 1.807) is 28.9 Å². The number of amides is 3. The number of benzene rings is 2. The molecule has 1 saturated heterocycles. The number of aliphatic hydroxyl groups excluding tert-OH is 1. The van der Waals surface area contributed by atoms with Crippen LogP contribution in [0, 0.1) is 24.5 Å². The van der Waals surface area contributed by atoms with Gasteiger partial charge in [0.2, 0.25) is 5.91 Å². The fourth-order valence-corrected chi connectivity index (χ4v) is 5.44. The lowest BCUT2D eigenvalue weighted by atomic mass is 9.93. The lowest BCUT2D eigenvalue weighted by Crippen LogP contribution is -2.64. The second-order valence-electron chi connectivity index (χ2n) is 11.5. The molecule has 0 aliphatic carbocycles. The molecule has 2 aromatic rings. The molecule has 1 fully saturated rings. The quantitative estimate of drug-likeness (QED) is 0.332. The zero-order valence-corrected chi connectivity index (χ0v) is 25.3. The van der Waals surface area contributed by atoms with E-state index in [1.807, 2.05) is 27.7 Å². The Labute approximate surface area is 247 Å². The lowest BCUT2D eigenvalue weighted by molar-refractivity contribution is -0.140. The molecule has 1 heterocycles. The van der Waals surface area contributed by atoms with Crippen molar-refractivity contribution in [3.05, 3.63) is 70.3 Å². The molecule has 8 nitrogen and oxygen atoms in total. The van der Waals surface area contributed by atoms with Gasteiger partial charge in [0.25, 0.3) is 11.8 Å². The maximum Gasteiger partial charge on any atom is 0.253 e. The van der Waals surface area contributed by atoms with Crippen LogP contribution in [0.5, 0.6) is 0 Å². The number of carbonyl (C=O) groups is 3. The van der Waals surface area contributed by atoms with Gasteiger partial charge in [-0.05, 0) is 73.6 Å². The summed E-state index contributed by atoms with van der Waals surface area (Å²) in [5, 5.41) is 17.3. The Morgan fingerprint density at radius 3 is 2.26 bits per heavy atom. The normalized spacial score (nSPS) is 16.8. The van der Waals surface area contributed by atoms with E-state index in [0.717, 1.165) is 31.0 Å². The minimum Gasteiger partial charge on any atom is -0.389 e. The summed E-state index contributed by atoms with van der Waals surface area (Å²) in [4.78, 5) is 43.6. The van der Waals surface area contributed by atoms with Crippen molar-refractivity contribution >= 4 is 17.7 Å². The van der Waals surface area contributed by atoms with Crippen LogP contribution in [-0.4, -0.2) is 83.5 Å². The van der Waals surface area contributed by atoms with E-state index in [0.29, 0.717) is 43.9 Å². The Balaban J connectivity index is 1.92. The minimum absolute atomic E-state index is 0.129. The molecule has 0 radical (unpaired) electrons. The van der Waals surface area contributed by atoms with Crippen molar-refractivity contribution in [3.63, 3.8) is 0 Å². The number of hydrogen-bond acceptors (Lipinski definition) is 5. The van der Waals surface area contributed by atoms with Crippen molar-refractivity contribution in [2.24, 2.45) is 5.92 Å². The summed E-state index contributed by atoms with van der Waals surface area (Å²) >= 11 is 0.